The Bertz CT molecular complexity index is 860. The molecular weight excluding hydrogens is 368 g/mol. The van der Waals surface area contributed by atoms with Gasteiger partial charge in [-0.3, -0.25) is 9.59 Å². The van der Waals surface area contributed by atoms with E-state index in [2.05, 4.69) is 10.3 Å². The highest BCUT2D eigenvalue weighted by molar-refractivity contribution is 7.20. The van der Waals surface area contributed by atoms with Crippen LogP contribution in [0.3, 0.4) is 0 Å². The number of nitrogens with one attached hydrogen (secondary N) is 1. The largest absolute Gasteiger partial charge is 0.459 e. The van der Waals surface area contributed by atoms with Gasteiger partial charge in [0.2, 0.25) is 0 Å². The molecule has 134 valence electrons. The fourth-order valence-corrected chi connectivity index (χ4v) is 3.92. The van der Waals surface area contributed by atoms with Gasteiger partial charge >= 0.3 is 5.97 Å². The van der Waals surface area contributed by atoms with Crippen molar-refractivity contribution in [2.45, 2.75) is 26.0 Å². The van der Waals surface area contributed by atoms with E-state index in [9.17, 15) is 9.59 Å². The maximum absolute atomic E-state index is 12.1. The van der Waals surface area contributed by atoms with Gasteiger partial charge in [0, 0.05) is 17.0 Å². The summed E-state index contributed by atoms with van der Waals surface area (Å²) in [6, 6.07) is 12.6. The predicted molar refractivity (Wildman–Crippen MR) is 103 cm³/mol. The number of thiophene rings is 1. The monoisotopic (exact) mass is 386 g/mol. The molecule has 0 aliphatic carbocycles. The van der Waals surface area contributed by atoms with Gasteiger partial charge in [0.1, 0.15) is 11.6 Å². The number of esters is 1. The summed E-state index contributed by atoms with van der Waals surface area (Å²) in [6.07, 6.45) is 0.112. The van der Waals surface area contributed by atoms with E-state index in [0.717, 1.165) is 15.6 Å². The minimum absolute atomic E-state index is 0.112. The van der Waals surface area contributed by atoms with Crippen LogP contribution in [0.15, 0.2) is 53.2 Å². The van der Waals surface area contributed by atoms with Crippen LogP contribution in [0.1, 0.15) is 29.4 Å². The molecule has 0 aliphatic heterocycles. The Kier molecular flexibility index (Phi) is 6.14. The summed E-state index contributed by atoms with van der Waals surface area (Å²) in [7, 11) is 0. The molecule has 0 radical (unpaired) electrons. The number of benzene rings is 1. The molecule has 0 aliphatic rings. The first-order valence-electron chi connectivity index (χ1n) is 8.11. The highest BCUT2D eigenvalue weighted by Gasteiger charge is 2.15. The molecule has 3 rings (SSSR count). The van der Waals surface area contributed by atoms with Crippen molar-refractivity contribution in [3.8, 4) is 9.88 Å². The van der Waals surface area contributed by atoms with Gasteiger partial charge in [-0.15, -0.1) is 22.7 Å². The van der Waals surface area contributed by atoms with Crippen LogP contribution in [0.5, 0.6) is 0 Å². The molecule has 2 aromatic heterocycles. The quantitative estimate of drug-likeness (QED) is 0.620. The van der Waals surface area contributed by atoms with Crippen LogP contribution < -0.4 is 5.32 Å². The lowest BCUT2D eigenvalue weighted by atomic mass is 10.2. The second-order valence-electron chi connectivity index (χ2n) is 5.73. The smallest absolute Gasteiger partial charge is 0.308 e. The second kappa shape index (κ2) is 8.73. The molecule has 1 atom stereocenters. The van der Waals surface area contributed by atoms with Gasteiger partial charge in [-0.1, -0.05) is 24.3 Å². The Hall–Kier alpha value is -2.51. The Morgan fingerprint density at radius 1 is 1.15 bits per heavy atom. The van der Waals surface area contributed by atoms with Crippen molar-refractivity contribution in [2.24, 2.45) is 0 Å². The van der Waals surface area contributed by atoms with Crippen LogP contribution in [-0.4, -0.2) is 22.9 Å². The molecule has 5 nitrogen and oxygen atoms in total. The molecule has 0 fully saturated rings. The minimum atomic E-state index is -0.364. The summed E-state index contributed by atoms with van der Waals surface area (Å²) >= 11 is 3.16. The van der Waals surface area contributed by atoms with E-state index in [1.165, 1.54) is 11.3 Å². The molecule has 0 saturated heterocycles. The molecule has 1 N–H and O–H groups in total. The highest BCUT2D eigenvalue weighted by Crippen LogP contribution is 2.27. The molecule has 26 heavy (non-hydrogen) atoms. The standard InChI is InChI=1S/C19H18N2O3S2/c1-13(20-18(23)14-6-3-2-4-7-14)10-17(22)24-11-15-12-26-19(21-15)16-8-5-9-25-16/h2-9,12-13H,10-11H2,1H3,(H,20,23). The number of nitrogens with zero attached hydrogens (tertiary/aromatic N) is 1. The van der Waals surface area contributed by atoms with Crippen molar-refractivity contribution in [2.75, 3.05) is 0 Å². The average Bonchev–Trinajstić information content (AvgIpc) is 3.32. The number of carbonyl (C=O) groups excluding carboxylic acids is 2. The molecule has 0 bridgehead atoms. The molecule has 7 heteroatoms. The SMILES string of the molecule is CC(CC(=O)OCc1csc(-c2cccs2)n1)NC(=O)c1ccccc1. The van der Waals surface area contributed by atoms with Crippen LogP contribution in [0.25, 0.3) is 9.88 Å². The lowest BCUT2D eigenvalue weighted by Crippen LogP contribution is -2.34. The zero-order valence-corrected chi connectivity index (χ0v) is 15.8. The van der Waals surface area contributed by atoms with Crippen molar-refractivity contribution in [3.63, 3.8) is 0 Å². The van der Waals surface area contributed by atoms with E-state index in [1.807, 2.05) is 29.0 Å². The van der Waals surface area contributed by atoms with Crippen molar-refractivity contribution in [3.05, 3.63) is 64.5 Å². The first-order valence-corrected chi connectivity index (χ1v) is 9.87. The van der Waals surface area contributed by atoms with Crippen LogP contribution in [-0.2, 0) is 16.1 Å². The number of thiazole rings is 1. The fourth-order valence-electron chi connectivity index (χ4n) is 2.30. The predicted octanol–water partition coefficient (Wildman–Crippen LogP) is 4.12. The van der Waals surface area contributed by atoms with Crippen LogP contribution in [0.2, 0.25) is 0 Å². The molecular formula is C19H18N2O3S2. The van der Waals surface area contributed by atoms with E-state index in [-0.39, 0.29) is 30.9 Å². The van der Waals surface area contributed by atoms with Gasteiger partial charge in [0.25, 0.3) is 5.91 Å². The molecule has 3 aromatic rings. The summed E-state index contributed by atoms with van der Waals surface area (Å²) in [4.78, 5) is 29.6. The van der Waals surface area contributed by atoms with Gasteiger partial charge in [0.15, 0.2) is 0 Å². The van der Waals surface area contributed by atoms with E-state index in [0.29, 0.717) is 5.56 Å². The number of aromatic nitrogens is 1. The maximum Gasteiger partial charge on any atom is 0.308 e. The van der Waals surface area contributed by atoms with Gasteiger partial charge in [-0.05, 0) is 30.5 Å². The Morgan fingerprint density at radius 3 is 2.69 bits per heavy atom. The summed E-state index contributed by atoms with van der Waals surface area (Å²) in [6.45, 7) is 1.92. The number of ether oxygens (including phenoxy) is 1. The fraction of sp³-hybridized carbons (Fsp3) is 0.211. The Labute approximate surface area is 159 Å². The van der Waals surface area contributed by atoms with Gasteiger partial charge < -0.3 is 10.1 Å². The summed E-state index contributed by atoms with van der Waals surface area (Å²) < 4.78 is 5.27. The van der Waals surface area contributed by atoms with E-state index in [4.69, 9.17) is 4.74 Å². The van der Waals surface area contributed by atoms with Gasteiger partial charge in [0.05, 0.1) is 17.0 Å². The third-order valence-electron chi connectivity index (χ3n) is 3.55. The zero-order chi connectivity index (χ0) is 18.4. The van der Waals surface area contributed by atoms with Gasteiger partial charge in [-0.25, -0.2) is 4.98 Å². The van der Waals surface area contributed by atoms with Crippen molar-refractivity contribution >= 4 is 34.6 Å². The number of carbonyl (C=O) groups is 2. The molecule has 1 unspecified atom stereocenters. The van der Waals surface area contributed by atoms with Crippen LogP contribution >= 0.6 is 22.7 Å². The normalized spacial score (nSPS) is 11.7. The molecule has 2 heterocycles. The Balaban J connectivity index is 1.44. The lowest BCUT2D eigenvalue weighted by molar-refractivity contribution is -0.145. The summed E-state index contributed by atoms with van der Waals surface area (Å²) in [5, 5.41) is 7.61. The topological polar surface area (TPSA) is 68.3 Å². The van der Waals surface area contributed by atoms with Crippen molar-refractivity contribution in [1.29, 1.82) is 0 Å². The van der Waals surface area contributed by atoms with Crippen molar-refractivity contribution in [1.82, 2.24) is 10.3 Å². The minimum Gasteiger partial charge on any atom is -0.459 e. The second-order valence-corrected chi connectivity index (χ2v) is 7.53. The average molecular weight is 386 g/mol. The summed E-state index contributed by atoms with van der Waals surface area (Å²) in [5.41, 5.74) is 1.30. The third kappa shape index (κ3) is 5.00. The van der Waals surface area contributed by atoms with Crippen molar-refractivity contribution < 1.29 is 14.3 Å². The number of hydrogen-bond donors (Lipinski definition) is 1. The molecule has 1 aromatic carbocycles. The lowest BCUT2D eigenvalue weighted by Gasteiger charge is -2.13. The highest BCUT2D eigenvalue weighted by atomic mass is 32.1. The van der Waals surface area contributed by atoms with Crippen LogP contribution in [0.4, 0.5) is 0 Å². The molecule has 1 amide bonds. The van der Waals surface area contributed by atoms with E-state index >= 15 is 0 Å². The van der Waals surface area contributed by atoms with E-state index < -0.39 is 0 Å². The number of amides is 1. The van der Waals surface area contributed by atoms with Gasteiger partial charge in [-0.2, -0.15) is 0 Å². The molecule has 0 saturated carbocycles. The Morgan fingerprint density at radius 2 is 1.96 bits per heavy atom. The maximum atomic E-state index is 12.1. The van der Waals surface area contributed by atoms with E-state index in [1.54, 1.807) is 42.5 Å². The first kappa shape index (κ1) is 18.3. The van der Waals surface area contributed by atoms with Crippen LogP contribution in [0, 0.1) is 0 Å². The summed E-state index contributed by atoms with van der Waals surface area (Å²) in [5.74, 6) is -0.567. The zero-order valence-electron chi connectivity index (χ0n) is 14.2. The number of rotatable bonds is 7. The third-order valence-corrected chi connectivity index (χ3v) is 5.48. The number of hydrogen-bond acceptors (Lipinski definition) is 6. The molecule has 0 spiro atoms. The first-order chi connectivity index (χ1) is 12.6.